The molecular formula is C23H49N3O+2. The van der Waals surface area contributed by atoms with Crippen LogP contribution in [0.15, 0.2) is 0 Å². The average molecular weight is 384 g/mol. The van der Waals surface area contributed by atoms with Gasteiger partial charge >= 0.3 is 0 Å². The Bertz CT molecular complexity index is 364. The molecular weight excluding hydrogens is 334 g/mol. The Morgan fingerprint density at radius 1 is 0.926 bits per heavy atom. The van der Waals surface area contributed by atoms with Crippen molar-refractivity contribution in [2.45, 2.75) is 77.6 Å². The van der Waals surface area contributed by atoms with Crippen molar-refractivity contribution in [3.63, 3.8) is 0 Å². The van der Waals surface area contributed by atoms with Gasteiger partial charge in [0, 0.05) is 32.4 Å². The van der Waals surface area contributed by atoms with Crippen molar-refractivity contribution in [3.8, 4) is 0 Å². The fourth-order valence-corrected chi connectivity index (χ4v) is 4.54. The molecule has 1 rings (SSSR count). The van der Waals surface area contributed by atoms with E-state index < -0.39 is 0 Å². The molecule has 1 atom stereocenters. The highest BCUT2D eigenvalue weighted by Gasteiger charge is 2.27. The number of amides is 1. The summed E-state index contributed by atoms with van der Waals surface area (Å²) in [5.41, 5.74) is 0. The Balaban J connectivity index is 2.63. The molecule has 0 heterocycles. The van der Waals surface area contributed by atoms with Crippen LogP contribution in [0, 0.1) is 11.8 Å². The van der Waals surface area contributed by atoms with Gasteiger partial charge < -0.3 is 14.7 Å². The van der Waals surface area contributed by atoms with Crippen LogP contribution in [0.3, 0.4) is 0 Å². The molecule has 1 aliphatic rings. The third-order valence-electron chi connectivity index (χ3n) is 6.24. The van der Waals surface area contributed by atoms with Gasteiger partial charge in [-0.05, 0) is 18.3 Å². The summed E-state index contributed by atoms with van der Waals surface area (Å²) < 4.78 is 0. The van der Waals surface area contributed by atoms with E-state index in [0.717, 1.165) is 51.4 Å². The third-order valence-corrected chi connectivity index (χ3v) is 6.24. The lowest BCUT2D eigenvalue weighted by molar-refractivity contribution is -0.858. The molecule has 0 radical (unpaired) electrons. The number of hydrogen-bond donors (Lipinski definition) is 2. The van der Waals surface area contributed by atoms with Crippen molar-refractivity contribution in [3.05, 3.63) is 0 Å². The van der Waals surface area contributed by atoms with Crippen LogP contribution < -0.4 is 9.80 Å². The fourth-order valence-electron chi connectivity index (χ4n) is 4.54. The lowest BCUT2D eigenvalue weighted by Crippen LogP contribution is -3.05. The highest BCUT2D eigenvalue weighted by molar-refractivity contribution is 5.76. The highest BCUT2D eigenvalue weighted by atomic mass is 16.2. The summed E-state index contributed by atoms with van der Waals surface area (Å²) in [5, 5.41) is 0. The van der Waals surface area contributed by atoms with Gasteiger partial charge in [0.05, 0.1) is 41.3 Å². The molecule has 4 nitrogen and oxygen atoms in total. The van der Waals surface area contributed by atoms with Crippen LogP contribution in [0.1, 0.15) is 77.6 Å². The summed E-state index contributed by atoms with van der Waals surface area (Å²) in [7, 11) is 8.80. The minimum Gasteiger partial charge on any atom is -0.342 e. The van der Waals surface area contributed by atoms with Crippen molar-refractivity contribution >= 4 is 5.91 Å². The second kappa shape index (κ2) is 14.4. The topological polar surface area (TPSA) is 29.2 Å². The summed E-state index contributed by atoms with van der Waals surface area (Å²) in [6, 6.07) is 0. The second-order valence-electron chi connectivity index (χ2n) is 9.51. The van der Waals surface area contributed by atoms with Gasteiger partial charge in [-0.2, -0.15) is 0 Å². The van der Waals surface area contributed by atoms with E-state index in [2.05, 4.69) is 40.0 Å². The number of quaternary nitrogens is 2. The molecule has 27 heavy (non-hydrogen) atoms. The Labute approximate surface area is 169 Å². The summed E-state index contributed by atoms with van der Waals surface area (Å²) in [6.45, 7) is 6.45. The standard InChI is InChI=1S/C23H47N3O/c1-6-7-13-22(21-14-9-8-10-15-21)20-23(27)26(18-11-16-24(2)3)19-12-17-25(4)5/h21-22H,6-20H2,1-5H3/p+2. The molecule has 2 N–H and O–H groups in total. The maximum Gasteiger partial charge on any atom is 0.222 e. The zero-order valence-electron chi connectivity index (χ0n) is 19.1. The van der Waals surface area contributed by atoms with Gasteiger partial charge in [-0.3, -0.25) is 4.79 Å². The third kappa shape index (κ3) is 11.1. The van der Waals surface area contributed by atoms with Gasteiger partial charge in [0.1, 0.15) is 0 Å². The molecule has 0 bridgehead atoms. The van der Waals surface area contributed by atoms with Gasteiger partial charge in [0.2, 0.25) is 5.91 Å². The molecule has 1 aliphatic carbocycles. The van der Waals surface area contributed by atoms with Gasteiger partial charge in [0.15, 0.2) is 0 Å². The molecule has 1 amide bonds. The normalized spacial score (nSPS) is 16.9. The Morgan fingerprint density at radius 2 is 1.48 bits per heavy atom. The summed E-state index contributed by atoms with van der Waals surface area (Å²) in [5.74, 6) is 1.86. The van der Waals surface area contributed by atoms with E-state index >= 15 is 0 Å². The highest BCUT2D eigenvalue weighted by Crippen LogP contribution is 2.35. The van der Waals surface area contributed by atoms with Crippen LogP contribution in [-0.4, -0.2) is 65.2 Å². The van der Waals surface area contributed by atoms with Crippen LogP contribution >= 0.6 is 0 Å². The lowest BCUT2D eigenvalue weighted by Gasteiger charge is -2.32. The van der Waals surface area contributed by atoms with E-state index in [1.165, 1.54) is 61.2 Å². The number of hydrogen-bond acceptors (Lipinski definition) is 1. The summed E-state index contributed by atoms with van der Waals surface area (Å²) >= 11 is 0. The average Bonchev–Trinajstić information content (AvgIpc) is 2.63. The molecule has 4 heteroatoms. The Hall–Kier alpha value is -0.610. The zero-order valence-corrected chi connectivity index (χ0v) is 19.1. The van der Waals surface area contributed by atoms with Gasteiger partial charge in [-0.25, -0.2) is 0 Å². The van der Waals surface area contributed by atoms with Crippen molar-refractivity contribution in [2.75, 3.05) is 54.4 Å². The van der Waals surface area contributed by atoms with E-state index in [4.69, 9.17) is 0 Å². The van der Waals surface area contributed by atoms with Crippen LogP contribution in [0.2, 0.25) is 0 Å². The van der Waals surface area contributed by atoms with Gasteiger partial charge in [0.25, 0.3) is 0 Å². The molecule has 1 saturated carbocycles. The predicted molar refractivity (Wildman–Crippen MR) is 115 cm³/mol. The molecule has 0 aromatic rings. The Morgan fingerprint density at radius 3 is 1.96 bits per heavy atom. The molecule has 0 aromatic carbocycles. The first-order chi connectivity index (χ1) is 12.9. The number of nitrogens with zero attached hydrogens (tertiary/aromatic N) is 1. The largest absolute Gasteiger partial charge is 0.342 e. The molecule has 1 fully saturated rings. The first-order valence-corrected chi connectivity index (χ1v) is 11.8. The fraction of sp³-hybridized carbons (Fsp3) is 0.957. The van der Waals surface area contributed by atoms with Gasteiger partial charge in [-0.1, -0.05) is 51.9 Å². The number of unbranched alkanes of at least 4 members (excludes halogenated alkanes) is 1. The minimum absolute atomic E-state index is 0.434. The molecule has 160 valence electrons. The Kier molecular flexibility index (Phi) is 13.0. The van der Waals surface area contributed by atoms with Crippen molar-refractivity contribution in [2.24, 2.45) is 11.8 Å². The molecule has 0 aliphatic heterocycles. The first-order valence-electron chi connectivity index (χ1n) is 11.8. The molecule has 0 spiro atoms. The van der Waals surface area contributed by atoms with Crippen LogP contribution in [0.25, 0.3) is 0 Å². The van der Waals surface area contributed by atoms with Crippen LogP contribution in [0.4, 0.5) is 0 Å². The number of carbonyl (C=O) groups excluding carboxylic acids is 1. The summed E-state index contributed by atoms with van der Waals surface area (Å²) in [4.78, 5) is 18.4. The lowest BCUT2D eigenvalue weighted by atomic mass is 9.76. The smallest absolute Gasteiger partial charge is 0.222 e. The first kappa shape index (κ1) is 24.4. The quantitative estimate of drug-likeness (QED) is 0.469. The number of rotatable bonds is 14. The van der Waals surface area contributed by atoms with Crippen LogP contribution in [0.5, 0.6) is 0 Å². The van der Waals surface area contributed by atoms with E-state index in [1.54, 1.807) is 0 Å². The van der Waals surface area contributed by atoms with Crippen molar-refractivity contribution in [1.82, 2.24) is 4.90 Å². The van der Waals surface area contributed by atoms with Crippen LogP contribution in [-0.2, 0) is 4.79 Å². The van der Waals surface area contributed by atoms with E-state index in [-0.39, 0.29) is 0 Å². The number of carbonyl (C=O) groups is 1. The maximum absolute atomic E-state index is 13.2. The van der Waals surface area contributed by atoms with Crippen molar-refractivity contribution < 1.29 is 14.6 Å². The minimum atomic E-state index is 0.434. The zero-order chi connectivity index (χ0) is 20.1. The van der Waals surface area contributed by atoms with Crippen molar-refractivity contribution in [1.29, 1.82) is 0 Å². The monoisotopic (exact) mass is 383 g/mol. The predicted octanol–water partition coefficient (Wildman–Crippen LogP) is 1.66. The SMILES string of the molecule is CCCCC(CC(=O)N(CCC[NH+](C)C)CCC[NH+](C)C)C1CCCCC1. The maximum atomic E-state index is 13.2. The summed E-state index contributed by atoms with van der Waals surface area (Å²) in [6.07, 6.45) is 13.7. The number of nitrogens with one attached hydrogen (secondary N) is 2. The van der Waals surface area contributed by atoms with E-state index in [0.29, 0.717) is 11.8 Å². The second-order valence-corrected chi connectivity index (χ2v) is 9.51. The van der Waals surface area contributed by atoms with E-state index in [9.17, 15) is 4.79 Å². The molecule has 0 saturated heterocycles. The molecule has 1 unspecified atom stereocenters. The molecule has 0 aromatic heterocycles. The van der Waals surface area contributed by atoms with E-state index in [1.807, 2.05) is 0 Å². The van der Waals surface area contributed by atoms with Gasteiger partial charge in [-0.15, -0.1) is 0 Å².